The van der Waals surface area contributed by atoms with Crippen LogP contribution in [0.2, 0.25) is 0 Å². The molecule has 1 amide bonds. The van der Waals surface area contributed by atoms with E-state index in [1.165, 1.54) is 25.7 Å². The number of fused-ring (bicyclic) bond motifs is 2. The van der Waals surface area contributed by atoms with E-state index in [0.29, 0.717) is 12.0 Å². The second-order valence-corrected chi connectivity index (χ2v) is 5.52. The summed E-state index contributed by atoms with van der Waals surface area (Å²) in [4.78, 5) is 11.7. The van der Waals surface area contributed by atoms with E-state index in [4.69, 9.17) is 0 Å². The van der Waals surface area contributed by atoms with Gasteiger partial charge >= 0.3 is 0 Å². The minimum atomic E-state index is 0.280. The molecule has 2 fully saturated rings. The maximum Gasteiger partial charge on any atom is 0.220 e. The molecule has 1 N–H and O–H groups in total. The number of nitrogens with one attached hydrogen (secondary N) is 1. The molecule has 0 heterocycles. The fourth-order valence-corrected chi connectivity index (χ4v) is 3.30. The van der Waals surface area contributed by atoms with Crippen molar-refractivity contribution in [1.82, 2.24) is 5.32 Å². The summed E-state index contributed by atoms with van der Waals surface area (Å²) in [6.45, 7) is 4.20. The fraction of sp³-hybridized carbons (Fsp3) is 0.923. The molecule has 0 aliphatic heterocycles. The largest absolute Gasteiger partial charge is 0.354 e. The summed E-state index contributed by atoms with van der Waals surface area (Å²) in [5.74, 6) is 2.81. The molecule has 15 heavy (non-hydrogen) atoms. The topological polar surface area (TPSA) is 29.1 Å². The van der Waals surface area contributed by atoms with E-state index in [9.17, 15) is 4.79 Å². The lowest BCUT2D eigenvalue weighted by Crippen LogP contribution is -2.33. The number of hydrogen-bond donors (Lipinski definition) is 1. The molecule has 2 aliphatic carbocycles. The summed E-state index contributed by atoms with van der Waals surface area (Å²) in [7, 11) is 0. The third-order valence-corrected chi connectivity index (χ3v) is 4.35. The van der Waals surface area contributed by atoms with E-state index in [-0.39, 0.29) is 5.91 Å². The van der Waals surface area contributed by atoms with Crippen LogP contribution >= 0.6 is 0 Å². The molecule has 2 rings (SSSR count). The Balaban J connectivity index is 1.75. The summed E-state index contributed by atoms with van der Waals surface area (Å²) in [5, 5.41) is 3.08. The van der Waals surface area contributed by atoms with Gasteiger partial charge in [0.15, 0.2) is 0 Å². The molecule has 4 atom stereocenters. The van der Waals surface area contributed by atoms with Gasteiger partial charge in [-0.05, 0) is 50.4 Å². The van der Waals surface area contributed by atoms with Gasteiger partial charge in [0.25, 0.3) is 0 Å². The maximum atomic E-state index is 11.7. The molecule has 2 nitrogen and oxygen atoms in total. The molecule has 0 aromatic rings. The van der Waals surface area contributed by atoms with E-state index >= 15 is 0 Å². The monoisotopic (exact) mass is 209 g/mol. The number of hydrogen-bond acceptors (Lipinski definition) is 1. The zero-order valence-electron chi connectivity index (χ0n) is 9.96. The lowest BCUT2D eigenvalue weighted by molar-refractivity contribution is -0.123. The van der Waals surface area contributed by atoms with Crippen LogP contribution in [0, 0.1) is 17.8 Å². The van der Waals surface area contributed by atoms with Crippen molar-refractivity contribution in [2.75, 3.05) is 0 Å². The highest BCUT2D eigenvalue weighted by molar-refractivity contribution is 5.76. The molecule has 0 aromatic carbocycles. The summed E-state index contributed by atoms with van der Waals surface area (Å²) in [6.07, 6.45) is 7.34. The predicted octanol–water partition coefficient (Wildman–Crippen LogP) is 2.73. The van der Waals surface area contributed by atoms with Crippen LogP contribution in [0.15, 0.2) is 0 Å². The summed E-state index contributed by atoms with van der Waals surface area (Å²) in [5.41, 5.74) is 0. The van der Waals surface area contributed by atoms with E-state index in [1.807, 2.05) is 0 Å². The molecule has 0 spiro atoms. The quantitative estimate of drug-likeness (QED) is 0.758. The highest BCUT2D eigenvalue weighted by atomic mass is 16.1. The van der Waals surface area contributed by atoms with Gasteiger partial charge in [0.1, 0.15) is 0 Å². The van der Waals surface area contributed by atoms with Crippen LogP contribution in [0.3, 0.4) is 0 Å². The predicted molar refractivity (Wildman–Crippen MR) is 61.5 cm³/mol. The summed E-state index contributed by atoms with van der Waals surface area (Å²) >= 11 is 0. The van der Waals surface area contributed by atoms with Gasteiger partial charge in [-0.1, -0.05) is 13.3 Å². The van der Waals surface area contributed by atoms with Crippen LogP contribution in [-0.4, -0.2) is 11.9 Å². The molecule has 2 aliphatic rings. The Labute approximate surface area is 92.8 Å². The average Bonchev–Trinajstić information content (AvgIpc) is 2.78. The van der Waals surface area contributed by atoms with Crippen molar-refractivity contribution in [3.63, 3.8) is 0 Å². The first-order valence-corrected chi connectivity index (χ1v) is 6.48. The first-order valence-electron chi connectivity index (χ1n) is 6.48. The molecule has 0 radical (unpaired) electrons. The lowest BCUT2D eigenvalue weighted by Gasteiger charge is -2.21. The first kappa shape index (κ1) is 11.0. The SMILES string of the molecule is CC[C@H](C)NC(=O)C[C@@H]1C[C@H]2CC[C@H]1C2. The molecule has 0 unspecified atom stereocenters. The molecule has 0 aromatic heterocycles. The van der Waals surface area contributed by atoms with Gasteiger partial charge in [0.2, 0.25) is 5.91 Å². The highest BCUT2D eigenvalue weighted by Crippen LogP contribution is 2.49. The maximum absolute atomic E-state index is 11.7. The Kier molecular flexibility index (Phi) is 3.32. The molecule has 2 saturated carbocycles. The van der Waals surface area contributed by atoms with Crippen molar-refractivity contribution in [2.45, 2.75) is 58.4 Å². The molecular formula is C13H23NO. The number of carbonyl (C=O) groups excluding carboxylic acids is 1. The van der Waals surface area contributed by atoms with Crippen LogP contribution in [0.1, 0.15) is 52.4 Å². The smallest absolute Gasteiger partial charge is 0.220 e. The third kappa shape index (κ3) is 2.53. The van der Waals surface area contributed by atoms with Gasteiger partial charge in [0.05, 0.1) is 0 Å². The van der Waals surface area contributed by atoms with Crippen molar-refractivity contribution < 1.29 is 4.79 Å². The van der Waals surface area contributed by atoms with Crippen molar-refractivity contribution in [3.05, 3.63) is 0 Å². The van der Waals surface area contributed by atoms with Crippen LogP contribution in [-0.2, 0) is 4.79 Å². The Bertz CT molecular complexity index is 239. The number of amides is 1. The van der Waals surface area contributed by atoms with Crippen LogP contribution in [0.5, 0.6) is 0 Å². The molecular weight excluding hydrogens is 186 g/mol. The first-order chi connectivity index (χ1) is 7.19. The number of rotatable bonds is 4. The van der Waals surface area contributed by atoms with Gasteiger partial charge in [-0.25, -0.2) is 0 Å². The molecule has 2 bridgehead atoms. The standard InChI is InChI=1S/C13H23NO/c1-3-9(2)14-13(15)8-12-7-10-4-5-11(12)6-10/h9-12H,3-8H2,1-2H3,(H,14,15)/t9-,10-,11-,12-/m0/s1. The van der Waals surface area contributed by atoms with E-state index in [0.717, 1.165) is 24.7 Å². The number of carbonyl (C=O) groups is 1. The second kappa shape index (κ2) is 4.54. The van der Waals surface area contributed by atoms with Gasteiger partial charge < -0.3 is 5.32 Å². The summed E-state index contributed by atoms with van der Waals surface area (Å²) < 4.78 is 0. The van der Waals surface area contributed by atoms with E-state index in [2.05, 4.69) is 19.2 Å². The van der Waals surface area contributed by atoms with Gasteiger partial charge in [-0.15, -0.1) is 0 Å². The normalized spacial score (nSPS) is 35.5. The zero-order chi connectivity index (χ0) is 10.8. The molecule has 0 saturated heterocycles. The van der Waals surface area contributed by atoms with Crippen LogP contribution in [0.4, 0.5) is 0 Å². The second-order valence-electron chi connectivity index (χ2n) is 5.52. The van der Waals surface area contributed by atoms with Crippen molar-refractivity contribution in [3.8, 4) is 0 Å². The Morgan fingerprint density at radius 2 is 2.20 bits per heavy atom. The Hall–Kier alpha value is -0.530. The highest BCUT2D eigenvalue weighted by Gasteiger charge is 2.40. The van der Waals surface area contributed by atoms with Crippen molar-refractivity contribution in [1.29, 1.82) is 0 Å². The fourth-order valence-electron chi connectivity index (χ4n) is 3.30. The molecule has 2 heteroatoms. The van der Waals surface area contributed by atoms with E-state index in [1.54, 1.807) is 0 Å². The minimum Gasteiger partial charge on any atom is -0.354 e. The lowest BCUT2D eigenvalue weighted by atomic mass is 9.86. The van der Waals surface area contributed by atoms with Crippen LogP contribution in [0.25, 0.3) is 0 Å². The average molecular weight is 209 g/mol. The Morgan fingerprint density at radius 3 is 2.73 bits per heavy atom. The molecule has 86 valence electrons. The van der Waals surface area contributed by atoms with E-state index < -0.39 is 0 Å². The van der Waals surface area contributed by atoms with Gasteiger partial charge in [-0.2, -0.15) is 0 Å². The minimum absolute atomic E-state index is 0.280. The van der Waals surface area contributed by atoms with Gasteiger partial charge in [0, 0.05) is 12.5 Å². The third-order valence-electron chi connectivity index (χ3n) is 4.35. The Morgan fingerprint density at radius 1 is 1.40 bits per heavy atom. The van der Waals surface area contributed by atoms with Crippen molar-refractivity contribution in [2.24, 2.45) is 17.8 Å². The zero-order valence-corrected chi connectivity index (χ0v) is 9.96. The van der Waals surface area contributed by atoms with Gasteiger partial charge in [-0.3, -0.25) is 4.79 Å². The summed E-state index contributed by atoms with van der Waals surface area (Å²) in [6, 6.07) is 0.344. The van der Waals surface area contributed by atoms with Crippen LogP contribution < -0.4 is 5.32 Å². The van der Waals surface area contributed by atoms with Crippen molar-refractivity contribution >= 4 is 5.91 Å².